The molecule has 1 saturated heterocycles. The molecule has 3 aromatic heterocycles. The first-order valence-electron chi connectivity index (χ1n) is 10.0. The van der Waals surface area contributed by atoms with Crippen LogP contribution < -0.4 is 4.74 Å². The lowest BCUT2D eigenvalue weighted by atomic mass is 10.1. The van der Waals surface area contributed by atoms with Crippen LogP contribution in [0.1, 0.15) is 17.4 Å². The summed E-state index contributed by atoms with van der Waals surface area (Å²) in [5, 5.41) is 8.81. The van der Waals surface area contributed by atoms with Crippen LogP contribution in [0.3, 0.4) is 0 Å². The van der Waals surface area contributed by atoms with Crippen molar-refractivity contribution >= 4 is 5.52 Å². The van der Waals surface area contributed by atoms with Gasteiger partial charge < -0.3 is 9.47 Å². The molecule has 0 aliphatic carbocycles. The molecule has 0 radical (unpaired) electrons. The van der Waals surface area contributed by atoms with Gasteiger partial charge >= 0.3 is 0 Å². The van der Waals surface area contributed by atoms with Crippen molar-refractivity contribution < 1.29 is 9.47 Å². The van der Waals surface area contributed by atoms with E-state index in [0.29, 0.717) is 12.5 Å². The Morgan fingerprint density at radius 2 is 1.97 bits per heavy atom. The maximum absolute atomic E-state index is 6.07. The summed E-state index contributed by atoms with van der Waals surface area (Å²) in [5.41, 5.74) is 5.18. The molecule has 1 aromatic carbocycles. The Morgan fingerprint density at radius 1 is 1.07 bits per heavy atom. The monoisotopic (exact) mass is 401 g/mol. The molecule has 5 rings (SSSR count). The number of fused-ring (bicyclic) bond motifs is 1. The zero-order valence-electron chi connectivity index (χ0n) is 16.8. The van der Waals surface area contributed by atoms with Gasteiger partial charge in [0.05, 0.1) is 19.2 Å². The number of pyridine rings is 2. The quantitative estimate of drug-likeness (QED) is 0.511. The fraction of sp³-hybridized carbons (Fsp3) is 0.261. The summed E-state index contributed by atoms with van der Waals surface area (Å²) in [5.74, 6) is 0.670. The van der Waals surface area contributed by atoms with Crippen molar-refractivity contribution in [3.05, 3.63) is 78.2 Å². The van der Waals surface area contributed by atoms with Crippen molar-refractivity contribution in [2.24, 2.45) is 0 Å². The third kappa shape index (κ3) is 3.65. The predicted octanol–water partition coefficient (Wildman–Crippen LogP) is 3.37. The highest BCUT2D eigenvalue weighted by atomic mass is 16.5. The summed E-state index contributed by atoms with van der Waals surface area (Å²) in [6.45, 7) is 3.00. The zero-order valence-corrected chi connectivity index (χ0v) is 16.8. The molecular weight excluding hydrogens is 378 g/mol. The molecule has 0 bridgehead atoms. The van der Waals surface area contributed by atoms with Crippen LogP contribution in [0, 0.1) is 0 Å². The van der Waals surface area contributed by atoms with E-state index in [1.807, 2.05) is 35.0 Å². The largest absolute Gasteiger partial charge is 0.481 e. The van der Waals surface area contributed by atoms with Gasteiger partial charge in [-0.1, -0.05) is 47.7 Å². The molecule has 1 fully saturated rings. The van der Waals surface area contributed by atoms with Gasteiger partial charge in [-0.3, -0.25) is 4.90 Å². The lowest BCUT2D eigenvalue weighted by molar-refractivity contribution is -0.0345. The number of rotatable bonds is 5. The summed E-state index contributed by atoms with van der Waals surface area (Å²) in [6, 6.07) is 18.4. The molecular formula is C23H23N5O2. The lowest BCUT2D eigenvalue weighted by Crippen LogP contribution is -2.38. The molecule has 0 saturated carbocycles. The van der Waals surface area contributed by atoms with Crippen molar-refractivity contribution in [3.63, 3.8) is 0 Å². The molecule has 0 amide bonds. The Bertz CT molecular complexity index is 1140. The first-order chi connectivity index (χ1) is 14.8. The number of morpholine rings is 1. The number of hydrogen-bond donors (Lipinski definition) is 0. The zero-order chi connectivity index (χ0) is 20.3. The van der Waals surface area contributed by atoms with Crippen molar-refractivity contribution in [1.82, 2.24) is 24.7 Å². The van der Waals surface area contributed by atoms with Crippen molar-refractivity contribution in [2.75, 3.05) is 26.8 Å². The summed E-state index contributed by atoms with van der Waals surface area (Å²) >= 11 is 0. The Morgan fingerprint density at radius 3 is 2.83 bits per heavy atom. The van der Waals surface area contributed by atoms with Gasteiger partial charge in [-0.2, -0.15) is 0 Å². The van der Waals surface area contributed by atoms with E-state index in [2.05, 4.69) is 50.5 Å². The molecule has 30 heavy (non-hydrogen) atoms. The third-order valence-corrected chi connectivity index (χ3v) is 5.44. The smallest absolute Gasteiger partial charge is 0.217 e. The minimum atomic E-state index is -0.124. The first-order valence-corrected chi connectivity index (χ1v) is 10.0. The van der Waals surface area contributed by atoms with Gasteiger partial charge in [0.25, 0.3) is 0 Å². The summed E-state index contributed by atoms with van der Waals surface area (Å²) in [7, 11) is 1.65. The van der Waals surface area contributed by atoms with E-state index >= 15 is 0 Å². The maximum atomic E-state index is 6.07. The van der Waals surface area contributed by atoms with Crippen LogP contribution in [0.4, 0.5) is 0 Å². The van der Waals surface area contributed by atoms with E-state index < -0.39 is 0 Å². The van der Waals surface area contributed by atoms with Gasteiger partial charge in [-0.05, 0) is 17.7 Å². The van der Waals surface area contributed by atoms with Crippen molar-refractivity contribution in [1.29, 1.82) is 0 Å². The number of hydrogen-bond acceptors (Lipinski definition) is 6. The molecule has 4 aromatic rings. The minimum Gasteiger partial charge on any atom is -0.481 e. The molecule has 1 atom stereocenters. The molecule has 4 heterocycles. The number of ether oxygens (including phenoxy) is 2. The van der Waals surface area contributed by atoms with Crippen LogP contribution in [0.25, 0.3) is 16.6 Å². The predicted molar refractivity (Wildman–Crippen MR) is 113 cm³/mol. The summed E-state index contributed by atoms with van der Waals surface area (Å²) in [6.07, 6.45) is 3.64. The first kappa shape index (κ1) is 18.7. The van der Waals surface area contributed by atoms with Crippen LogP contribution in [0.15, 0.2) is 67.0 Å². The number of benzene rings is 1. The van der Waals surface area contributed by atoms with Gasteiger partial charge in [0.15, 0.2) is 0 Å². The van der Waals surface area contributed by atoms with Crippen LogP contribution in [0.5, 0.6) is 5.88 Å². The summed E-state index contributed by atoms with van der Waals surface area (Å²) in [4.78, 5) is 6.64. The average molecular weight is 401 g/mol. The Labute approximate surface area is 174 Å². The Kier molecular flexibility index (Phi) is 5.13. The highest BCUT2D eigenvalue weighted by Gasteiger charge is 2.27. The van der Waals surface area contributed by atoms with Crippen LogP contribution in [-0.4, -0.2) is 51.5 Å². The number of nitrogens with zero attached hydrogens (tertiary/aromatic N) is 5. The van der Waals surface area contributed by atoms with Gasteiger partial charge in [-0.15, -0.1) is 5.10 Å². The van der Waals surface area contributed by atoms with Gasteiger partial charge in [-0.25, -0.2) is 9.50 Å². The second-order valence-electron chi connectivity index (χ2n) is 7.35. The average Bonchev–Trinajstić information content (AvgIpc) is 3.23. The number of aromatic nitrogens is 4. The van der Waals surface area contributed by atoms with Crippen LogP contribution >= 0.6 is 0 Å². The standard InChI is InChI=1S/C23H23N5O2/c1-29-23-19(8-5-11-24-23)14-27-12-13-30-21(16-27)22-20-10-9-18(15-28(20)26-25-22)17-6-3-2-4-7-17/h2-11,15,21H,12-14,16H2,1H3/t21-/m1/s1. The molecule has 0 N–H and O–H groups in total. The topological polar surface area (TPSA) is 64.8 Å². The van der Waals surface area contributed by atoms with E-state index in [-0.39, 0.29) is 6.10 Å². The van der Waals surface area contributed by atoms with E-state index in [0.717, 1.165) is 47.5 Å². The van der Waals surface area contributed by atoms with E-state index in [9.17, 15) is 0 Å². The summed E-state index contributed by atoms with van der Waals surface area (Å²) < 4.78 is 13.3. The molecule has 152 valence electrons. The number of methoxy groups -OCH3 is 1. The fourth-order valence-corrected chi connectivity index (χ4v) is 3.93. The van der Waals surface area contributed by atoms with Crippen LogP contribution in [-0.2, 0) is 11.3 Å². The van der Waals surface area contributed by atoms with Gasteiger partial charge in [0.1, 0.15) is 11.8 Å². The lowest BCUT2D eigenvalue weighted by Gasteiger charge is -2.32. The van der Waals surface area contributed by atoms with E-state index in [1.165, 1.54) is 0 Å². The van der Waals surface area contributed by atoms with Gasteiger partial charge in [0.2, 0.25) is 5.88 Å². The molecule has 1 aliphatic heterocycles. The highest BCUT2D eigenvalue weighted by molar-refractivity contribution is 5.66. The highest BCUT2D eigenvalue weighted by Crippen LogP contribution is 2.28. The molecule has 7 heteroatoms. The SMILES string of the molecule is COc1ncccc1CN1CCO[C@@H](c2nnn3cc(-c4ccccc4)ccc23)C1. The van der Waals surface area contributed by atoms with Crippen molar-refractivity contribution in [2.45, 2.75) is 12.6 Å². The molecule has 7 nitrogen and oxygen atoms in total. The second-order valence-corrected chi connectivity index (χ2v) is 7.35. The normalized spacial score (nSPS) is 17.3. The van der Waals surface area contributed by atoms with E-state index in [1.54, 1.807) is 13.3 Å². The Balaban J connectivity index is 1.37. The fourth-order valence-electron chi connectivity index (χ4n) is 3.93. The molecule has 1 aliphatic rings. The third-order valence-electron chi connectivity index (χ3n) is 5.44. The second kappa shape index (κ2) is 8.22. The van der Waals surface area contributed by atoms with Crippen molar-refractivity contribution in [3.8, 4) is 17.0 Å². The van der Waals surface area contributed by atoms with Gasteiger partial charge in [0, 0.05) is 43.2 Å². The van der Waals surface area contributed by atoms with Crippen LogP contribution in [0.2, 0.25) is 0 Å². The maximum Gasteiger partial charge on any atom is 0.217 e. The van der Waals surface area contributed by atoms with E-state index in [4.69, 9.17) is 9.47 Å². The minimum absolute atomic E-state index is 0.124. The molecule has 0 unspecified atom stereocenters. The Hall–Kier alpha value is -3.29. The molecule has 0 spiro atoms.